The van der Waals surface area contributed by atoms with Crippen molar-refractivity contribution in [2.45, 2.75) is 19.3 Å². The minimum Gasteiger partial charge on any atom is -0.310 e. The van der Waals surface area contributed by atoms with Crippen LogP contribution in [-0.2, 0) is 4.79 Å². The molecule has 1 aromatic carbocycles. The SMILES string of the molecule is N#CC1C(=O)c2cc(F)ccc2N(CCC2CC2)C1=O. The molecule has 20 heavy (non-hydrogen) atoms. The van der Waals surface area contributed by atoms with Crippen LogP contribution in [0.15, 0.2) is 18.2 Å². The first-order chi connectivity index (χ1) is 9.61. The minimum absolute atomic E-state index is 0.131. The molecule has 1 amide bonds. The zero-order chi connectivity index (χ0) is 14.3. The van der Waals surface area contributed by atoms with Gasteiger partial charge in [-0.05, 0) is 30.5 Å². The third-order valence-corrected chi connectivity index (χ3v) is 3.88. The predicted molar refractivity (Wildman–Crippen MR) is 69.5 cm³/mol. The Morgan fingerprint density at radius 2 is 2.10 bits per heavy atom. The van der Waals surface area contributed by atoms with Crippen LogP contribution >= 0.6 is 0 Å². The van der Waals surface area contributed by atoms with Gasteiger partial charge in [-0.25, -0.2) is 4.39 Å². The molecule has 3 rings (SSSR count). The number of amides is 1. The highest BCUT2D eigenvalue weighted by atomic mass is 19.1. The van der Waals surface area contributed by atoms with Crippen molar-refractivity contribution in [2.75, 3.05) is 11.4 Å². The maximum absolute atomic E-state index is 13.3. The number of carbonyl (C=O) groups excluding carboxylic acids is 2. The predicted octanol–water partition coefficient (Wildman–Crippen LogP) is 2.29. The number of Topliss-reactive ketones (excluding diaryl/α,β-unsaturated/α-hetero) is 1. The maximum Gasteiger partial charge on any atom is 0.252 e. The second-order valence-electron chi connectivity index (χ2n) is 5.31. The highest BCUT2D eigenvalue weighted by molar-refractivity contribution is 6.23. The van der Waals surface area contributed by atoms with E-state index in [0.717, 1.165) is 12.5 Å². The summed E-state index contributed by atoms with van der Waals surface area (Å²) in [7, 11) is 0. The first-order valence-corrected chi connectivity index (χ1v) is 6.66. The van der Waals surface area contributed by atoms with Crippen molar-refractivity contribution >= 4 is 17.4 Å². The van der Waals surface area contributed by atoms with Crippen molar-refractivity contribution in [1.29, 1.82) is 5.26 Å². The summed E-state index contributed by atoms with van der Waals surface area (Å²) in [5.41, 5.74) is 0.556. The van der Waals surface area contributed by atoms with Gasteiger partial charge in [0.15, 0.2) is 11.7 Å². The minimum atomic E-state index is -1.34. The number of anilines is 1. The third-order valence-electron chi connectivity index (χ3n) is 3.88. The van der Waals surface area contributed by atoms with Gasteiger partial charge in [-0.15, -0.1) is 0 Å². The molecule has 1 aromatic rings. The Morgan fingerprint density at radius 1 is 1.35 bits per heavy atom. The Morgan fingerprint density at radius 3 is 2.75 bits per heavy atom. The molecule has 0 spiro atoms. The van der Waals surface area contributed by atoms with Crippen LogP contribution in [0, 0.1) is 29.0 Å². The molecule has 2 aliphatic rings. The van der Waals surface area contributed by atoms with E-state index < -0.39 is 23.4 Å². The van der Waals surface area contributed by atoms with Crippen LogP contribution in [0.5, 0.6) is 0 Å². The van der Waals surface area contributed by atoms with E-state index in [9.17, 15) is 14.0 Å². The molecule has 5 heteroatoms. The van der Waals surface area contributed by atoms with Gasteiger partial charge in [-0.2, -0.15) is 5.26 Å². The lowest BCUT2D eigenvalue weighted by atomic mass is 9.91. The summed E-state index contributed by atoms with van der Waals surface area (Å²) in [6.45, 7) is 0.480. The lowest BCUT2D eigenvalue weighted by Gasteiger charge is -2.30. The average Bonchev–Trinajstić information content (AvgIpc) is 3.24. The first kappa shape index (κ1) is 12.8. The van der Waals surface area contributed by atoms with Gasteiger partial charge in [0.25, 0.3) is 5.91 Å². The molecule has 1 heterocycles. The number of hydrogen-bond acceptors (Lipinski definition) is 3. The lowest BCUT2D eigenvalue weighted by molar-refractivity contribution is -0.119. The van der Waals surface area contributed by atoms with E-state index in [1.54, 1.807) is 6.07 Å². The molecule has 102 valence electrons. The number of hydrogen-bond donors (Lipinski definition) is 0. The summed E-state index contributed by atoms with van der Waals surface area (Å²) in [5.74, 6) is -2.34. The first-order valence-electron chi connectivity index (χ1n) is 6.66. The molecular formula is C15H13FN2O2. The van der Waals surface area contributed by atoms with Crippen molar-refractivity contribution in [3.8, 4) is 6.07 Å². The Kier molecular flexibility index (Phi) is 3.01. The van der Waals surface area contributed by atoms with Crippen molar-refractivity contribution in [2.24, 2.45) is 11.8 Å². The summed E-state index contributed by atoms with van der Waals surface area (Å²) >= 11 is 0. The molecule has 1 fully saturated rings. The van der Waals surface area contributed by atoms with E-state index in [4.69, 9.17) is 5.26 Å². The molecule has 0 saturated heterocycles. The molecule has 0 N–H and O–H groups in total. The van der Waals surface area contributed by atoms with Gasteiger partial charge >= 0.3 is 0 Å². The topological polar surface area (TPSA) is 61.2 Å². The van der Waals surface area contributed by atoms with Gasteiger partial charge in [0.2, 0.25) is 0 Å². The molecule has 1 aliphatic heterocycles. The van der Waals surface area contributed by atoms with E-state index >= 15 is 0 Å². The molecule has 1 atom stereocenters. The summed E-state index contributed by atoms with van der Waals surface area (Å²) < 4.78 is 13.3. The number of rotatable bonds is 3. The van der Waals surface area contributed by atoms with Gasteiger partial charge in [0.1, 0.15) is 5.82 Å². The Bertz CT molecular complexity index is 631. The van der Waals surface area contributed by atoms with Crippen LogP contribution in [-0.4, -0.2) is 18.2 Å². The smallest absolute Gasteiger partial charge is 0.252 e. The molecule has 0 aromatic heterocycles. The standard InChI is InChI=1S/C15H13FN2O2/c16-10-3-4-13-11(7-10)14(19)12(8-17)15(20)18(13)6-5-9-1-2-9/h3-4,7,9,12H,1-2,5-6H2. The van der Waals surface area contributed by atoms with E-state index in [2.05, 4.69) is 0 Å². The van der Waals surface area contributed by atoms with Crippen LogP contribution in [0.2, 0.25) is 0 Å². The Labute approximate surface area is 115 Å². The van der Waals surface area contributed by atoms with E-state index in [-0.39, 0.29) is 5.56 Å². The second-order valence-corrected chi connectivity index (χ2v) is 5.31. The van der Waals surface area contributed by atoms with Gasteiger partial charge in [0.05, 0.1) is 11.8 Å². The van der Waals surface area contributed by atoms with E-state index in [1.807, 2.05) is 0 Å². The maximum atomic E-state index is 13.3. The number of nitrogens with zero attached hydrogens (tertiary/aromatic N) is 2. The third kappa shape index (κ3) is 2.07. The molecular weight excluding hydrogens is 259 g/mol. The number of benzene rings is 1. The van der Waals surface area contributed by atoms with Crippen LogP contribution < -0.4 is 4.90 Å². The number of halogens is 1. The summed E-state index contributed by atoms with van der Waals surface area (Å²) in [6, 6.07) is 5.52. The van der Waals surface area contributed by atoms with Crippen molar-refractivity contribution < 1.29 is 14.0 Å². The Hall–Kier alpha value is -2.22. The van der Waals surface area contributed by atoms with Crippen molar-refractivity contribution in [3.05, 3.63) is 29.6 Å². The van der Waals surface area contributed by atoms with Gasteiger partial charge in [-0.1, -0.05) is 12.8 Å². The molecule has 0 bridgehead atoms. The number of ketones is 1. The second kappa shape index (κ2) is 4.71. The molecule has 1 unspecified atom stereocenters. The van der Waals surface area contributed by atoms with Gasteiger partial charge in [-0.3, -0.25) is 9.59 Å². The molecule has 1 saturated carbocycles. The quantitative estimate of drug-likeness (QED) is 0.793. The fourth-order valence-electron chi connectivity index (χ4n) is 2.55. The van der Waals surface area contributed by atoms with Gasteiger partial charge in [0, 0.05) is 12.1 Å². The van der Waals surface area contributed by atoms with Crippen LogP contribution in [0.1, 0.15) is 29.6 Å². The Balaban J connectivity index is 1.99. The molecule has 0 radical (unpaired) electrons. The highest BCUT2D eigenvalue weighted by Gasteiger charge is 2.40. The van der Waals surface area contributed by atoms with Crippen molar-refractivity contribution in [1.82, 2.24) is 0 Å². The number of carbonyl (C=O) groups is 2. The van der Waals surface area contributed by atoms with E-state index in [0.29, 0.717) is 18.2 Å². The summed E-state index contributed by atoms with van der Waals surface area (Å²) in [6.07, 6.45) is 3.19. The lowest BCUT2D eigenvalue weighted by Crippen LogP contribution is -2.44. The monoisotopic (exact) mass is 272 g/mol. The van der Waals surface area contributed by atoms with E-state index in [1.165, 1.54) is 29.9 Å². The number of fused-ring (bicyclic) bond motifs is 1. The average molecular weight is 272 g/mol. The fraction of sp³-hybridized carbons (Fsp3) is 0.400. The zero-order valence-corrected chi connectivity index (χ0v) is 10.8. The normalized spacial score (nSPS) is 21.6. The van der Waals surface area contributed by atoms with Crippen molar-refractivity contribution in [3.63, 3.8) is 0 Å². The van der Waals surface area contributed by atoms with Crippen LogP contribution in [0.25, 0.3) is 0 Å². The van der Waals surface area contributed by atoms with Gasteiger partial charge < -0.3 is 4.90 Å². The molecule has 4 nitrogen and oxygen atoms in total. The summed E-state index contributed by atoms with van der Waals surface area (Å²) in [5, 5.41) is 9.02. The molecule has 1 aliphatic carbocycles. The summed E-state index contributed by atoms with van der Waals surface area (Å²) in [4.78, 5) is 25.8. The highest BCUT2D eigenvalue weighted by Crippen LogP contribution is 2.35. The van der Waals surface area contributed by atoms with Crippen LogP contribution in [0.4, 0.5) is 10.1 Å². The number of nitriles is 1. The zero-order valence-electron chi connectivity index (χ0n) is 10.8. The van der Waals surface area contributed by atoms with Crippen LogP contribution in [0.3, 0.4) is 0 Å². The largest absolute Gasteiger partial charge is 0.310 e. The fourth-order valence-corrected chi connectivity index (χ4v) is 2.55.